The van der Waals surface area contributed by atoms with E-state index in [0.29, 0.717) is 33.8 Å². The second kappa shape index (κ2) is 11.0. The molecule has 0 saturated carbocycles. The van der Waals surface area contributed by atoms with Crippen LogP contribution in [0.4, 0.5) is 11.6 Å². The summed E-state index contributed by atoms with van der Waals surface area (Å²) in [6.45, 7) is 7.40. The van der Waals surface area contributed by atoms with E-state index in [4.69, 9.17) is 16.3 Å². The number of piperidine rings is 1. The predicted octanol–water partition coefficient (Wildman–Crippen LogP) is 3.70. The summed E-state index contributed by atoms with van der Waals surface area (Å²) in [7, 11) is 0. The molecule has 172 valence electrons. The van der Waals surface area contributed by atoms with Crippen LogP contribution in [0.3, 0.4) is 0 Å². The summed E-state index contributed by atoms with van der Waals surface area (Å²) in [6.07, 6.45) is 8.97. The maximum atomic E-state index is 12.8. The molecule has 2 aromatic heterocycles. The Kier molecular flexibility index (Phi) is 7.89. The predicted molar refractivity (Wildman–Crippen MR) is 126 cm³/mol. The number of hydrogen-bond acceptors (Lipinski definition) is 7. The van der Waals surface area contributed by atoms with Crippen molar-refractivity contribution in [1.29, 1.82) is 0 Å². The van der Waals surface area contributed by atoms with Crippen LogP contribution >= 0.6 is 11.6 Å². The maximum Gasteiger partial charge on any atom is 0.229 e. The number of anilines is 2. The Balaban J connectivity index is 1.43. The van der Waals surface area contributed by atoms with Crippen LogP contribution in [0.15, 0.2) is 24.7 Å². The molecule has 2 aromatic rings. The monoisotopic (exact) mass is 458 g/mol. The highest BCUT2D eigenvalue weighted by Crippen LogP contribution is 2.29. The number of likely N-dealkylation sites (tertiary alicyclic amines) is 1. The van der Waals surface area contributed by atoms with Crippen LogP contribution in [0.2, 0.25) is 5.02 Å². The number of carbonyl (C=O) groups excluding carboxylic acids is 1. The largest absolute Gasteiger partial charge is 0.381 e. The number of halogens is 1. The Bertz CT molecular complexity index is 921. The highest BCUT2D eigenvalue weighted by atomic mass is 35.5. The molecular weight excluding hydrogens is 428 g/mol. The molecule has 0 bridgehead atoms. The zero-order chi connectivity index (χ0) is 22.3. The molecule has 0 spiro atoms. The highest BCUT2D eigenvalue weighted by molar-refractivity contribution is 6.33. The first-order chi connectivity index (χ1) is 15.6. The average molecular weight is 459 g/mol. The van der Waals surface area contributed by atoms with Crippen molar-refractivity contribution in [2.45, 2.75) is 32.6 Å². The molecule has 0 unspecified atom stereocenters. The fraction of sp³-hybridized carbons (Fsp3) is 0.565. The smallest absolute Gasteiger partial charge is 0.229 e. The van der Waals surface area contributed by atoms with E-state index in [-0.39, 0.29) is 11.8 Å². The second-order valence-electron chi connectivity index (χ2n) is 8.50. The molecule has 1 amide bonds. The first kappa shape index (κ1) is 22.9. The third kappa shape index (κ3) is 5.94. The summed E-state index contributed by atoms with van der Waals surface area (Å²) < 4.78 is 5.42. The van der Waals surface area contributed by atoms with E-state index in [1.165, 1.54) is 0 Å². The van der Waals surface area contributed by atoms with E-state index in [0.717, 1.165) is 65.1 Å². The Morgan fingerprint density at radius 3 is 2.88 bits per heavy atom. The zero-order valence-electron chi connectivity index (χ0n) is 18.5. The van der Waals surface area contributed by atoms with E-state index in [2.05, 4.69) is 37.4 Å². The number of nitrogens with one attached hydrogen (secondary N) is 2. The molecular formula is C23H31ClN6O2. The van der Waals surface area contributed by atoms with Gasteiger partial charge in [-0.2, -0.15) is 0 Å². The molecule has 2 aliphatic heterocycles. The topological polar surface area (TPSA) is 92.3 Å². The third-order valence-corrected chi connectivity index (χ3v) is 6.55. The van der Waals surface area contributed by atoms with Crippen molar-refractivity contribution in [3.8, 4) is 11.3 Å². The fourth-order valence-corrected chi connectivity index (χ4v) is 4.47. The van der Waals surface area contributed by atoms with Crippen molar-refractivity contribution < 1.29 is 9.53 Å². The highest BCUT2D eigenvalue weighted by Gasteiger charge is 2.25. The van der Waals surface area contributed by atoms with E-state index in [1.807, 2.05) is 0 Å². The number of aromatic nitrogens is 3. The van der Waals surface area contributed by atoms with Crippen molar-refractivity contribution in [2.75, 3.05) is 50.0 Å². The van der Waals surface area contributed by atoms with Crippen LogP contribution in [0.25, 0.3) is 11.3 Å². The van der Waals surface area contributed by atoms with Gasteiger partial charge in [0, 0.05) is 38.1 Å². The van der Waals surface area contributed by atoms with Crippen LogP contribution in [0, 0.1) is 11.8 Å². The van der Waals surface area contributed by atoms with Gasteiger partial charge in [0.25, 0.3) is 0 Å². The summed E-state index contributed by atoms with van der Waals surface area (Å²) in [6, 6.07) is 1.77. The molecule has 8 nitrogen and oxygen atoms in total. The number of rotatable bonds is 7. The second-order valence-corrected chi connectivity index (χ2v) is 8.90. The first-order valence-electron chi connectivity index (χ1n) is 11.4. The minimum Gasteiger partial charge on any atom is -0.381 e. The van der Waals surface area contributed by atoms with Gasteiger partial charge in [0.15, 0.2) is 0 Å². The van der Waals surface area contributed by atoms with E-state index in [1.54, 1.807) is 24.7 Å². The lowest BCUT2D eigenvalue weighted by Gasteiger charge is -2.30. The molecule has 1 atom stereocenters. The quantitative estimate of drug-likeness (QED) is 0.653. The Labute approximate surface area is 194 Å². The van der Waals surface area contributed by atoms with Gasteiger partial charge in [-0.25, -0.2) is 9.97 Å². The minimum absolute atomic E-state index is 0.00175. The van der Waals surface area contributed by atoms with Crippen LogP contribution in [-0.4, -0.2) is 65.2 Å². The number of nitrogens with zero attached hydrogens (tertiary/aromatic N) is 4. The van der Waals surface area contributed by atoms with Gasteiger partial charge in [-0.15, -0.1) is 0 Å². The minimum atomic E-state index is -0.0258. The maximum absolute atomic E-state index is 12.8. The van der Waals surface area contributed by atoms with Crippen LogP contribution in [-0.2, 0) is 9.53 Å². The summed E-state index contributed by atoms with van der Waals surface area (Å²) in [5, 5.41) is 6.81. The summed E-state index contributed by atoms with van der Waals surface area (Å²) in [5.74, 6) is 1.73. The van der Waals surface area contributed by atoms with Crippen LogP contribution in [0.5, 0.6) is 0 Å². The summed E-state index contributed by atoms with van der Waals surface area (Å²) in [5.41, 5.74) is 1.33. The number of carbonyl (C=O) groups is 1. The van der Waals surface area contributed by atoms with Crippen LogP contribution in [0.1, 0.15) is 32.6 Å². The van der Waals surface area contributed by atoms with Crippen molar-refractivity contribution in [1.82, 2.24) is 19.9 Å². The van der Waals surface area contributed by atoms with Crippen molar-refractivity contribution in [3.63, 3.8) is 0 Å². The van der Waals surface area contributed by atoms with Gasteiger partial charge >= 0.3 is 0 Å². The molecule has 32 heavy (non-hydrogen) atoms. The number of hydrogen-bond donors (Lipinski definition) is 2. The molecule has 2 saturated heterocycles. The summed E-state index contributed by atoms with van der Waals surface area (Å²) >= 11 is 6.42. The van der Waals surface area contributed by atoms with E-state index in [9.17, 15) is 4.79 Å². The molecule has 0 aromatic carbocycles. The molecule has 0 radical (unpaired) electrons. The van der Waals surface area contributed by atoms with E-state index >= 15 is 0 Å². The number of ether oxygens (including phenoxy) is 1. The van der Waals surface area contributed by atoms with Gasteiger partial charge in [0.1, 0.15) is 11.6 Å². The van der Waals surface area contributed by atoms with E-state index < -0.39 is 0 Å². The Hall–Kier alpha value is -2.29. The van der Waals surface area contributed by atoms with Gasteiger partial charge in [-0.1, -0.05) is 18.5 Å². The summed E-state index contributed by atoms with van der Waals surface area (Å²) in [4.78, 5) is 28.4. The van der Waals surface area contributed by atoms with Crippen molar-refractivity contribution >= 4 is 29.1 Å². The molecule has 9 heteroatoms. The lowest BCUT2D eigenvalue weighted by atomic mass is 9.97. The zero-order valence-corrected chi connectivity index (χ0v) is 19.3. The van der Waals surface area contributed by atoms with Gasteiger partial charge < -0.3 is 20.3 Å². The first-order valence-corrected chi connectivity index (χ1v) is 11.8. The van der Waals surface area contributed by atoms with Gasteiger partial charge in [0.05, 0.1) is 29.0 Å². The normalized spacial score (nSPS) is 20.1. The van der Waals surface area contributed by atoms with Gasteiger partial charge in [-0.3, -0.25) is 9.78 Å². The molecule has 2 aliphatic rings. The fourth-order valence-electron chi connectivity index (χ4n) is 4.27. The average Bonchev–Trinajstić information content (AvgIpc) is 2.84. The number of pyridine rings is 1. The van der Waals surface area contributed by atoms with Crippen LogP contribution < -0.4 is 10.6 Å². The Morgan fingerprint density at radius 2 is 2.06 bits per heavy atom. The molecule has 2 N–H and O–H groups in total. The van der Waals surface area contributed by atoms with Crippen molar-refractivity contribution in [2.24, 2.45) is 11.8 Å². The Morgan fingerprint density at radius 1 is 1.22 bits per heavy atom. The lowest BCUT2D eigenvalue weighted by Crippen LogP contribution is -2.40. The standard InChI is InChI=1S/C23H31ClN6O2/c1-2-30-7-3-4-17(15-30)23(31)29-21-10-18(19(24)12-27-21)20-13-25-14-22(28-20)26-11-16-5-8-32-9-6-16/h10,12-14,16-17H,2-9,11,15H2,1H3,(H,26,28)(H,27,29,31)/t17-/m0/s1. The third-order valence-electron chi connectivity index (χ3n) is 6.25. The lowest BCUT2D eigenvalue weighted by molar-refractivity contribution is -0.121. The molecule has 0 aliphatic carbocycles. The van der Waals surface area contributed by atoms with Gasteiger partial charge in [-0.05, 0) is 50.8 Å². The molecule has 4 heterocycles. The molecule has 4 rings (SSSR count). The SMILES string of the molecule is CCN1CCC[C@H](C(=O)Nc2cc(-c3cncc(NCC4CCOCC4)n3)c(Cl)cn2)C1. The number of amides is 1. The van der Waals surface area contributed by atoms with Crippen molar-refractivity contribution in [3.05, 3.63) is 29.7 Å². The molecule has 2 fully saturated rings. The van der Waals surface area contributed by atoms with Gasteiger partial charge in [0.2, 0.25) is 5.91 Å².